The molecule has 0 aromatic carbocycles. The Morgan fingerprint density at radius 1 is 1.04 bits per heavy atom. The zero-order chi connectivity index (χ0) is 19.3. The van der Waals surface area contributed by atoms with E-state index in [1.807, 2.05) is 18.2 Å². The summed E-state index contributed by atoms with van der Waals surface area (Å²) in [5, 5.41) is 7.11. The van der Waals surface area contributed by atoms with Gasteiger partial charge in [-0.1, -0.05) is 10.6 Å². The summed E-state index contributed by atoms with van der Waals surface area (Å²) in [6.07, 6.45) is 1.76. The van der Waals surface area contributed by atoms with Gasteiger partial charge in [-0.25, -0.2) is 9.78 Å². The number of nitrogens with zero attached hydrogens (tertiary/aromatic N) is 6. The van der Waals surface area contributed by atoms with Crippen molar-refractivity contribution in [2.45, 2.75) is 0 Å². The number of ether oxygens (including phenoxy) is 1. The minimum Gasteiger partial charge on any atom is -0.378 e. The van der Waals surface area contributed by atoms with Gasteiger partial charge in [0.25, 0.3) is 5.91 Å². The van der Waals surface area contributed by atoms with E-state index >= 15 is 0 Å². The van der Waals surface area contributed by atoms with Gasteiger partial charge in [0.1, 0.15) is 5.82 Å². The highest BCUT2D eigenvalue weighted by Crippen LogP contribution is 2.21. The molecule has 2 aliphatic rings. The van der Waals surface area contributed by atoms with E-state index in [9.17, 15) is 9.59 Å². The lowest BCUT2D eigenvalue weighted by molar-refractivity contribution is 0.0299. The van der Waals surface area contributed by atoms with E-state index in [1.165, 1.54) is 0 Å². The van der Waals surface area contributed by atoms with Gasteiger partial charge in [0, 0.05) is 57.0 Å². The molecular weight excluding hydrogens is 382 g/mol. The second-order valence-corrected chi connectivity index (χ2v) is 7.20. The van der Waals surface area contributed by atoms with Crippen LogP contribution in [0.15, 0.2) is 24.4 Å². The van der Waals surface area contributed by atoms with Gasteiger partial charge in [-0.15, -0.1) is 5.10 Å². The molecular formula is C17H21N7O3S. The molecule has 0 atom stereocenters. The first-order valence-electron chi connectivity index (χ1n) is 9.13. The number of anilines is 2. The van der Waals surface area contributed by atoms with Crippen LogP contribution >= 0.6 is 11.5 Å². The third-order valence-electron chi connectivity index (χ3n) is 4.75. The molecule has 2 aromatic heterocycles. The van der Waals surface area contributed by atoms with Crippen molar-refractivity contribution < 1.29 is 14.3 Å². The van der Waals surface area contributed by atoms with Gasteiger partial charge in [-0.3, -0.25) is 10.1 Å². The minimum absolute atomic E-state index is 0.187. The molecule has 4 rings (SSSR count). The van der Waals surface area contributed by atoms with Crippen molar-refractivity contribution in [2.75, 3.05) is 62.7 Å². The molecule has 148 valence electrons. The second kappa shape index (κ2) is 8.48. The molecule has 0 spiro atoms. The number of hydrogen-bond donors (Lipinski definition) is 1. The lowest BCUT2D eigenvalue weighted by atomic mass is 10.3. The summed E-state index contributed by atoms with van der Waals surface area (Å²) in [5.41, 5.74) is 0.187. The summed E-state index contributed by atoms with van der Waals surface area (Å²) in [5.74, 6) is 0.680. The molecule has 11 heteroatoms. The Kier molecular flexibility index (Phi) is 5.63. The van der Waals surface area contributed by atoms with E-state index in [1.54, 1.807) is 16.0 Å². The van der Waals surface area contributed by atoms with Crippen molar-refractivity contribution in [1.82, 2.24) is 24.4 Å². The van der Waals surface area contributed by atoms with Gasteiger partial charge in [0.05, 0.1) is 13.2 Å². The normalized spacial score (nSPS) is 17.5. The number of piperazine rings is 1. The lowest BCUT2D eigenvalue weighted by Crippen LogP contribution is -2.50. The van der Waals surface area contributed by atoms with Crippen LogP contribution in [-0.2, 0) is 4.74 Å². The van der Waals surface area contributed by atoms with Crippen LogP contribution in [0.3, 0.4) is 0 Å². The molecule has 2 aliphatic heterocycles. The minimum atomic E-state index is -0.247. The quantitative estimate of drug-likeness (QED) is 0.807. The third-order valence-corrected chi connectivity index (χ3v) is 5.39. The first kappa shape index (κ1) is 18.6. The number of amides is 3. The van der Waals surface area contributed by atoms with Crippen molar-refractivity contribution in [3.8, 4) is 0 Å². The number of rotatable bonds is 3. The number of morpholine rings is 1. The van der Waals surface area contributed by atoms with Gasteiger partial charge in [0.2, 0.25) is 0 Å². The van der Waals surface area contributed by atoms with E-state index in [-0.39, 0.29) is 17.6 Å². The highest BCUT2D eigenvalue weighted by molar-refractivity contribution is 7.10. The first-order valence-corrected chi connectivity index (χ1v) is 9.91. The van der Waals surface area contributed by atoms with Crippen LogP contribution in [0, 0.1) is 0 Å². The molecule has 10 nitrogen and oxygen atoms in total. The monoisotopic (exact) mass is 403 g/mol. The number of carbonyl (C=O) groups excluding carboxylic acids is 2. The van der Waals surface area contributed by atoms with Crippen LogP contribution in [0.25, 0.3) is 0 Å². The van der Waals surface area contributed by atoms with Gasteiger partial charge in [-0.05, 0) is 12.1 Å². The average Bonchev–Trinajstić information content (AvgIpc) is 3.22. The molecule has 2 fully saturated rings. The van der Waals surface area contributed by atoms with Gasteiger partial charge < -0.3 is 19.4 Å². The fourth-order valence-electron chi connectivity index (χ4n) is 3.18. The Bertz CT molecular complexity index is 817. The van der Waals surface area contributed by atoms with Gasteiger partial charge >= 0.3 is 6.03 Å². The molecule has 4 heterocycles. The second-order valence-electron chi connectivity index (χ2n) is 6.45. The van der Waals surface area contributed by atoms with Crippen LogP contribution < -0.4 is 10.2 Å². The highest BCUT2D eigenvalue weighted by atomic mass is 32.1. The zero-order valence-corrected chi connectivity index (χ0v) is 16.1. The van der Waals surface area contributed by atoms with Gasteiger partial charge in [-0.2, -0.15) is 0 Å². The molecule has 0 radical (unpaired) electrons. The molecule has 2 aromatic rings. The number of hydrogen-bond acceptors (Lipinski definition) is 8. The van der Waals surface area contributed by atoms with Crippen LogP contribution in [-0.4, -0.2) is 88.8 Å². The Balaban J connectivity index is 1.35. The topological polar surface area (TPSA) is 104 Å². The third kappa shape index (κ3) is 4.04. The fourth-order valence-corrected chi connectivity index (χ4v) is 3.74. The van der Waals surface area contributed by atoms with Gasteiger partial charge in [0.15, 0.2) is 10.7 Å². The maximum absolute atomic E-state index is 12.6. The van der Waals surface area contributed by atoms with E-state index < -0.39 is 0 Å². The van der Waals surface area contributed by atoms with Crippen molar-refractivity contribution in [1.29, 1.82) is 0 Å². The molecule has 28 heavy (non-hydrogen) atoms. The summed E-state index contributed by atoms with van der Waals surface area (Å²) < 4.78 is 9.12. The standard InChI is InChI=1S/C17H21N7O3S/c25-16(23-9-11-27-12-10-23)14-15(28-21-20-14)19-17(26)24-7-5-22(6-8-24)13-3-1-2-4-18-13/h1-4H,5-12H2,(H,19,26). The lowest BCUT2D eigenvalue weighted by Gasteiger charge is -2.35. The van der Waals surface area contributed by atoms with Crippen LogP contribution in [0.5, 0.6) is 0 Å². The number of pyridine rings is 1. The highest BCUT2D eigenvalue weighted by Gasteiger charge is 2.27. The number of carbonyl (C=O) groups is 2. The van der Waals surface area contributed by atoms with Crippen molar-refractivity contribution >= 4 is 34.3 Å². The summed E-state index contributed by atoms with van der Waals surface area (Å²) in [4.78, 5) is 35.2. The first-order chi connectivity index (χ1) is 13.7. The Hall–Kier alpha value is -2.79. The molecule has 3 amide bonds. The maximum Gasteiger partial charge on any atom is 0.322 e. The fraction of sp³-hybridized carbons (Fsp3) is 0.471. The molecule has 1 N–H and O–H groups in total. The Morgan fingerprint density at radius 3 is 2.54 bits per heavy atom. The molecule has 0 unspecified atom stereocenters. The average molecular weight is 403 g/mol. The molecule has 0 bridgehead atoms. The van der Waals surface area contributed by atoms with Crippen LogP contribution in [0.2, 0.25) is 0 Å². The summed E-state index contributed by atoms with van der Waals surface area (Å²) in [6, 6.07) is 5.54. The predicted octanol–water partition coefficient (Wildman–Crippen LogP) is 0.760. The van der Waals surface area contributed by atoms with E-state index in [4.69, 9.17) is 4.74 Å². The van der Waals surface area contributed by atoms with Crippen LogP contribution in [0.1, 0.15) is 10.5 Å². The number of aromatic nitrogens is 3. The summed E-state index contributed by atoms with van der Waals surface area (Å²) >= 11 is 1.01. The van der Waals surface area contributed by atoms with E-state index in [0.29, 0.717) is 57.5 Å². The van der Waals surface area contributed by atoms with Crippen molar-refractivity contribution in [3.63, 3.8) is 0 Å². The largest absolute Gasteiger partial charge is 0.378 e. The van der Waals surface area contributed by atoms with Crippen molar-refractivity contribution in [2.24, 2.45) is 0 Å². The molecule has 0 saturated carbocycles. The maximum atomic E-state index is 12.6. The SMILES string of the molecule is O=C(Nc1snnc1C(=O)N1CCOCC1)N1CCN(c2ccccn2)CC1. The number of urea groups is 1. The Morgan fingerprint density at radius 2 is 1.82 bits per heavy atom. The summed E-state index contributed by atoms with van der Waals surface area (Å²) in [6.45, 7) is 4.58. The van der Waals surface area contributed by atoms with E-state index in [2.05, 4.69) is 24.8 Å². The summed E-state index contributed by atoms with van der Waals surface area (Å²) in [7, 11) is 0. The molecule has 2 saturated heterocycles. The number of nitrogens with one attached hydrogen (secondary N) is 1. The predicted molar refractivity (Wildman–Crippen MR) is 104 cm³/mol. The van der Waals surface area contributed by atoms with Crippen molar-refractivity contribution in [3.05, 3.63) is 30.1 Å². The zero-order valence-electron chi connectivity index (χ0n) is 15.3. The Labute approximate surface area is 166 Å². The smallest absolute Gasteiger partial charge is 0.322 e. The van der Waals surface area contributed by atoms with Crippen LogP contribution in [0.4, 0.5) is 15.6 Å². The van der Waals surface area contributed by atoms with E-state index in [0.717, 1.165) is 17.4 Å². The molecule has 0 aliphatic carbocycles.